The highest BCUT2D eigenvalue weighted by molar-refractivity contribution is 6.00. The van der Waals surface area contributed by atoms with Crippen LogP contribution < -0.4 is 0 Å². The van der Waals surface area contributed by atoms with Crippen molar-refractivity contribution in [2.45, 2.75) is 26.3 Å². The van der Waals surface area contributed by atoms with E-state index in [4.69, 9.17) is 4.74 Å². The number of hydrogen-bond donors (Lipinski definition) is 2. The van der Waals surface area contributed by atoms with Gasteiger partial charge in [-0.15, -0.1) is 0 Å². The summed E-state index contributed by atoms with van der Waals surface area (Å²) in [6, 6.07) is 10.6. The molecule has 0 aliphatic heterocycles. The van der Waals surface area contributed by atoms with Crippen LogP contribution in [0.3, 0.4) is 0 Å². The number of nitrogens with zero attached hydrogens (tertiary/aromatic N) is 1. The number of benzene rings is 2. The second kappa shape index (κ2) is 8.38. The number of carbonyl (C=O) groups is 2. The molecule has 0 aromatic heterocycles. The maximum atomic E-state index is 13.0. The molecule has 2 aromatic carbocycles. The highest BCUT2D eigenvalue weighted by atomic mass is 16.5. The fourth-order valence-electron chi connectivity index (χ4n) is 2.91. The highest BCUT2D eigenvalue weighted by Gasteiger charge is 2.26. The third-order valence-corrected chi connectivity index (χ3v) is 4.23. The number of carbonyl (C=O) groups excluding carboxylic acids is 2. The van der Waals surface area contributed by atoms with Crippen LogP contribution in [0.5, 0.6) is 11.5 Å². The molecule has 0 aliphatic rings. The first-order valence-corrected chi connectivity index (χ1v) is 8.31. The Morgan fingerprint density at radius 3 is 2.31 bits per heavy atom. The zero-order valence-electron chi connectivity index (χ0n) is 15.2. The minimum Gasteiger partial charge on any atom is -0.508 e. The topological polar surface area (TPSA) is 87.1 Å². The number of phenolic OH excluding ortho intramolecular Hbond substituents is 2. The van der Waals surface area contributed by atoms with Crippen molar-refractivity contribution >= 4 is 11.9 Å². The molecule has 2 aromatic rings. The lowest BCUT2D eigenvalue weighted by atomic mass is 9.93. The van der Waals surface area contributed by atoms with Crippen LogP contribution in [0.2, 0.25) is 0 Å². The van der Waals surface area contributed by atoms with Crippen LogP contribution in [0, 0.1) is 0 Å². The van der Waals surface area contributed by atoms with E-state index in [9.17, 15) is 19.8 Å². The van der Waals surface area contributed by atoms with Crippen LogP contribution in [0.25, 0.3) is 0 Å². The van der Waals surface area contributed by atoms with Crippen molar-refractivity contribution in [2.24, 2.45) is 0 Å². The van der Waals surface area contributed by atoms with Crippen molar-refractivity contribution in [2.75, 3.05) is 14.2 Å². The Kier molecular flexibility index (Phi) is 6.22. The smallest absolute Gasteiger partial charge is 0.310 e. The fraction of sp³-hybridized carbons (Fsp3) is 0.300. The quantitative estimate of drug-likeness (QED) is 0.776. The van der Waals surface area contributed by atoms with Crippen molar-refractivity contribution in [1.29, 1.82) is 0 Å². The van der Waals surface area contributed by atoms with Crippen molar-refractivity contribution in [3.63, 3.8) is 0 Å². The average molecular weight is 357 g/mol. The van der Waals surface area contributed by atoms with Crippen molar-refractivity contribution in [3.8, 4) is 11.5 Å². The van der Waals surface area contributed by atoms with E-state index in [2.05, 4.69) is 0 Å². The van der Waals surface area contributed by atoms with Crippen LogP contribution in [0.1, 0.15) is 34.0 Å². The summed E-state index contributed by atoms with van der Waals surface area (Å²) in [6.45, 7) is 2.15. The Balaban J connectivity index is 2.45. The second-order valence-corrected chi connectivity index (χ2v) is 6.00. The van der Waals surface area contributed by atoms with Crippen molar-refractivity contribution in [1.82, 2.24) is 4.90 Å². The molecule has 2 rings (SSSR count). The molecule has 138 valence electrons. The second-order valence-electron chi connectivity index (χ2n) is 6.00. The van der Waals surface area contributed by atoms with Gasteiger partial charge in [0.2, 0.25) is 0 Å². The Morgan fingerprint density at radius 2 is 1.73 bits per heavy atom. The Morgan fingerprint density at radius 1 is 1.08 bits per heavy atom. The molecule has 0 unspecified atom stereocenters. The number of ether oxygens (including phenoxy) is 1. The molecule has 6 nitrogen and oxygen atoms in total. The molecule has 26 heavy (non-hydrogen) atoms. The highest BCUT2D eigenvalue weighted by Crippen LogP contribution is 2.34. The van der Waals surface area contributed by atoms with Gasteiger partial charge in [0.1, 0.15) is 11.5 Å². The SMILES string of the molecule is CCc1c(O)cc(O)c(C(=O)N(C)Cc2ccccc2)c1CC(=O)OC. The number of rotatable bonds is 6. The molecule has 0 radical (unpaired) electrons. The summed E-state index contributed by atoms with van der Waals surface area (Å²) in [5, 5.41) is 20.4. The molecule has 0 saturated carbocycles. The largest absolute Gasteiger partial charge is 0.508 e. The normalized spacial score (nSPS) is 10.4. The van der Waals surface area contributed by atoms with Crippen LogP contribution in [-0.2, 0) is 28.9 Å². The van der Waals surface area contributed by atoms with Crippen LogP contribution in [0.15, 0.2) is 36.4 Å². The molecule has 2 N–H and O–H groups in total. The van der Waals surface area contributed by atoms with Crippen molar-refractivity contribution < 1.29 is 24.5 Å². The van der Waals surface area contributed by atoms with Gasteiger partial charge in [-0.2, -0.15) is 0 Å². The van der Waals surface area contributed by atoms with E-state index >= 15 is 0 Å². The predicted octanol–water partition coefficient (Wildman–Crippen LogP) is 2.65. The standard InChI is InChI=1S/C20H23NO5/c1-4-14-15(10-18(24)26-3)19(17(23)11-16(14)22)20(25)21(2)12-13-8-6-5-7-9-13/h5-9,11,22-23H,4,10,12H2,1-3H3. The number of aromatic hydroxyl groups is 2. The molecular weight excluding hydrogens is 334 g/mol. The van der Waals surface area contributed by atoms with Gasteiger partial charge in [0.25, 0.3) is 5.91 Å². The zero-order chi connectivity index (χ0) is 19.3. The van der Waals surface area contributed by atoms with Gasteiger partial charge in [-0.05, 0) is 23.1 Å². The first-order chi connectivity index (χ1) is 12.4. The van der Waals surface area contributed by atoms with Gasteiger partial charge in [-0.3, -0.25) is 9.59 Å². The van der Waals surface area contributed by atoms with E-state index < -0.39 is 11.9 Å². The van der Waals surface area contributed by atoms with Gasteiger partial charge in [-0.25, -0.2) is 0 Å². The summed E-state index contributed by atoms with van der Waals surface area (Å²) in [5.74, 6) is -1.49. The van der Waals surface area contributed by atoms with Gasteiger partial charge in [0, 0.05) is 19.7 Å². The van der Waals surface area contributed by atoms with E-state index in [0.29, 0.717) is 24.1 Å². The van der Waals surface area contributed by atoms with Crippen LogP contribution in [-0.4, -0.2) is 41.1 Å². The monoisotopic (exact) mass is 357 g/mol. The molecular formula is C20H23NO5. The molecule has 6 heteroatoms. The van der Waals surface area contributed by atoms with E-state index in [1.54, 1.807) is 14.0 Å². The van der Waals surface area contributed by atoms with Crippen LogP contribution >= 0.6 is 0 Å². The zero-order valence-corrected chi connectivity index (χ0v) is 15.2. The molecule has 0 aliphatic carbocycles. The molecule has 1 amide bonds. The van der Waals surface area contributed by atoms with E-state index in [0.717, 1.165) is 11.6 Å². The van der Waals surface area contributed by atoms with E-state index in [-0.39, 0.29) is 23.5 Å². The van der Waals surface area contributed by atoms with Gasteiger partial charge in [-0.1, -0.05) is 37.3 Å². The molecule has 0 atom stereocenters. The Bertz CT molecular complexity index is 802. The molecule has 0 saturated heterocycles. The fourth-order valence-corrected chi connectivity index (χ4v) is 2.91. The molecule has 0 spiro atoms. The number of amides is 1. The number of phenols is 2. The molecule has 0 bridgehead atoms. The van der Waals surface area contributed by atoms with Crippen LogP contribution in [0.4, 0.5) is 0 Å². The van der Waals surface area contributed by atoms with E-state index in [1.165, 1.54) is 12.0 Å². The van der Waals surface area contributed by atoms with Gasteiger partial charge in [0.05, 0.1) is 19.1 Å². The number of hydrogen-bond acceptors (Lipinski definition) is 5. The third kappa shape index (κ3) is 4.14. The lowest BCUT2D eigenvalue weighted by molar-refractivity contribution is -0.139. The summed E-state index contributed by atoms with van der Waals surface area (Å²) in [5.41, 5.74) is 1.70. The molecule has 0 fully saturated rings. The van der Waals surface area contributed by atoms with Gasteiger partial charge >= 0.3 is 5.97 Å². The lowest BCUT2D eigenvalue weighted by Crippen LogP contribution is -2.28. The first kappa shape index (κ1) is 19.3. The Labute approximate surface area is 152 Å². The summed E-state index contributed by atoms with van der Waals surface area (Å²) in [6.07, 6.45) is 0.197. The maximum absolute atomic E-state index is 13.0. The molecule has 0 heterocycles. The Hall–Kier alpha value is -3.02. The summed E-state index contributed by atoms with van der Waals surface area (Å²) in [4.78, 5) is 26.2. The third-order valence-electron chi connectivity index (χ3n) is 4.23. The maximum Gasteiger partial charge on any atom is 0.310 e. The number of methoxy groups -OCH3 is 1. The minimum atomic E-state index is -0.551. The first-order valence-electron chi connectivity index (χ1n) is 8.31. The van der Waals surface area contributed by atoms with Gasteiger partial charge in [0.15, 0.2) is 0 Å². The summed E-state index contributed by atoms with van der Waals surface area (Å²) < 4.78 is 4.70. The number of esters is 1. The summed E-state index contributed by atoms with van der Waals surface area (Å²) >= 11 is 0. The lowest BCUT2D eigenvalue weighted by Gasteiger charge is -2.22. The van der Waals surface area contributed by atoms with Crippen molar-refractivity contribution in [3.05, 3.63) is 58.7 Å². The average Bonchev–Trinajstić information content (AvgIpc) is 2.62. The van der Waals surface area contributed by atoms with Gasteiger partial charge < -0.3 is 19.8 Å². The predicted molar refractivity (Wildman–Crippen MR) is 97.1 cm³/mol. The minimum absolute atomic E-state index is 0.0171. The summed E-state index contributed by atoms with van der Waals surface area (Å²) in [7, 11) is 2.87. The van der Waals surface area contributed by atoms with E-state index in [1.807, 2.05) is 30.3 Å².